The number of nitrogens with one attached hydrogen (secondary N) is 1. The van der Waals surface area contributed by atoms with Crippen LogP contribution in [0.5, 0.6) is 0 Å². The van der Waals surface area contributed by atoms with Crippen LogP contribution in [0.2, 0.25) is 0 Å². The van der Waals surface area contributed by atoms with Gasteiger partial charge in [0.05, 0.1) is 18.2 Å². The smallest absolute Gasteiger partial charge is 0.143 e. The van der Waals surface area contributed by atoms with E-state index in [2.05, 4.69) is 27.3 Å². The Morgan fingerprint density at radius 1 is 1.50 bits per heavy atom. The first-order valence-corrected chi connectivity index (χ1v) is 6.01. The normalized spacial score (nSPS) is 19.1. The highest BCUT2D eigenvalue weighted by molar-refractivity contribution is 5.51. The molecule has 2 rings (SSSR count). The zero-order valence-electron chi connectivity index (χ0n) is 10.1. The van der Waals surface area contributed by atoms with Gasteiger partial charge in [-0.15, -0.1) is 0 Å². The Labute approximate surface area is 107 Å². The molecule has 0 bridgehead atoms. The van der Waals surface area contributed by atoms with E-state index in [1.807, 2.05) is 0 Å². The lowest BCUT2D eigenvalue weighted by atomic mass is 10.1. The molecule has 1 saturated heterocycles. The van der Waals surface area contributed by atoms with E-state index in [0.717, 1.165) is 26.1 Å². The van der Waals surface area contributed by atoms with E-state index in [0.29, 0.717) is 23.8 Å². The van der Waals surface area contributed by atoms with E-state index in [9.17, 15) is 0 Å². The molecule has 1 aromatic rings. The van der Waals surface area contributed by atoms with Crippen LogP contribution in [-0.4, -0.2) is 36.1 Å². The van der Waals surface area contributed by atoms with Gasteiger partial charge in [0.15, 0.2) is 0 Å². The molecule has 0 aromatic carbocycles. The van der Waals surface area contributed by atoms with Crippen molar-refractivity contribution >= 4 is 5.82 Å². The van der Waals surface area contributed by atoms with Gasteiger partial charge >= 0.3 is 0 Å². The Morgan fingerprint density at radius 2 is 2.39 bits per heavy atom. The summed E-state index contributed by atoms with van der Waals surface area (Å²) in [5.74, 6) is 1.17. The van der Waals surface area contributed by atoms with Gasteiger partial charge < -0.3 is 5.32 Å². The van der Waals surface area contributed by atoms with Gasteiger partial charge in [-0.3, -0.25) is 4.90 Å². The minimum Gasteiger partial charge on any atom is -0.369 e. The van der Waals surface area contributed by atoms with Crippen LogP contribution in [0.1, 0.15) is 12.0 Å². The molecule has 0 radical (unpaired) electrons. The number of likely N-dealkylation sites (tertiary alicyclic amines) is 1. The van der Waals surface area contributed by atoms with Crippen molar-refractivity contribution in [1.29, 1.82) is 10.5 Å². The topological polar surface area (TPSA) is 75.7 Å². The second kappa shape index (κ2) is 6.00. The molecular weight excluding hydrogens is 226 g/mol. The van der Waals surface area contributed by atoms with Crippen molar-refractivity contribution in [1.82, 2.24) is 9.88 Å². The highest BCUT2D eigenvalue weighted by Gasteiger charge is 2.21. The zero-order chi connectivity index (χ0) is 12.8. The number of hydrogen-bond donors (Lipinski definition) is 1. The first-order chi connectivity index (χ1) is 8.83. The number of pyridine rings is 1. The van der Waals surface area contributed by atoms with E-state index in [1.165, 1.54) is 0 Å². The van der Waals surface area contributed by atoms with Crippen LogP contribution >= 0.6 is 0 Å². The van der Waals surface area contributed by atoms with Gasteiger partial charge in [-0.1, -0.05) is 0 Å². The fourth-order valence-electron chi connectivity index (χ4n) is 2.20. The molecule has 1 atom stereocenters. The van der Waals surface area contributed by atoms with Gasteiger partial charge in [0.1, 0.15) is 11.9 Å². The van der Waals surface area contributed by atoms with Crippen LogP contribution in [0.15, 0.2) is 18.3 Å². The monoisotopic (exact) mass is 241 g/mol. The molecule has 0 aliphatic carbocycles. The van der Waals surface area contributed by atoms with E-state index in [1.54, 1.807) is 18.3 Å². The summed E-state index contributed by atoms with van der Waals surface area (Å²) in [6.45, 7) is 3.22. The Hall–Kier alpha value is -2.11. The highest BCUT2D eigenvalue weighted by atomic mass is 15.1. The summed E-state index contributed by atoms with van der Waals surface area (Å²) in [5, 5.41) is 20.8. The molecule has 1 aliphatic heterocycles. The summed E-state index contributed by atoms with van der Waals surface area (Å²) in [7, 11) is 0. The Morgan fingerprint density at radius 3 is 3.17 bits per heavy atom. The minimum atomic E-state index is 0.504. The standard InChI is InChI=1S/C13H15N5/c14-4-7-18-6-3-11(10-18)9-17-13-12(8-15)2-1-5-16-13/h1-2,5,11H,3,6-7,9-10H2,(H,16,17). The number of anilines is 1. The first kappa shape index (κ1) is 12.3. The maximum Gasteiger partial charge on any atom is 0.143 e. The van der Waals surface area contributed by atoms with Gasteiger partial charge in [0, 0.05) is 19.3 Å². The molecule has 0 saturated carbocycles. The van der Waals surface area contributed by atoms with Crippen LogP contribution in [0.25, 0.3) is 0 Å². The van der Waals surface area contributed by atoms with Crippen LogP contribution in [0, 0.1) is 28.6 Å². The van der Waals surface area contributed by atoms with Crippen molar-refractivity contribution in [3.05, 3.63) is 23.9 Å². The van der Waals surface area contributed by atoms with Crippen molar-refractivity contribution in [2.24, 2.45) is 5.92 Å². The molecule has 5 nitrogen and oxygen atoms in total. The molecule has 1 fully saturated rings. The molecule has 0 amide bonds. The number of hydrogen-bond acceptors (Lipinski definition) is 5. The third kappa shape index (κ3) is 2.97. The fraction of sp³-hybridized carbons (Fsp3) is 0.462. The first-order valence-electron chi connectivity index (χ1n) is 6.01. The Bertz CT molecular complexity index is 485. The van der Waals surface area contributed by atoms with E-state index in [-0.39, 0.29) is 0 Å². The molecule has 1 N–H and O–H groups in total. The van der Waals surface area contributed by atoms with E-state index in [4.69, 9.17) is 10.5 Å². The summed E-state index contributed by atoms with van der Waals surface area (Å²) in [6, 6.07) is 7.81. The third-order valence-electron chi connectivity index (χ3n) is 3.15. The fourth-order valence-corrected chi connectivity index (χ4v) is 2.20. The molecule has 1 aromatic heterocycles. The summed E-state index contributed by atoms with van der Waals surface area (Å²) in [6.07, 6.45) is 2.77. The van der Waals surface area contributed by atoms with Crippen LogP contribution in [0.3, 0.4) is 0 Å². The second-order valence-electron chi connectivity index (χ2n) is 4.44. The van der Waals surface area contributed by atoms with Gasteiger partial charge in [-0.05, 0) is 31.0 Å². The summed E-state index contributed by atoms with van der Waals surface area (Å²) in [5.41, 5.74) is 0.573. The Kier molecular flexibility index (Phi) is 4.11. The van der Waals surface area contributed by atoms with Gasteiger partial charge in [0.2, 0.25) is 0 Å². The van der Waals surface area contributed by atoms with Crippen molar-refractivity contribution in [2.75, 3.05) is 31.5 Å². The molecular formula is C13H15N5. The van der Waals surface area contributed by atoms with Crippen molar-refractivity contribution in [2.45, 2.75) is 6.42 Å². The quantitative estimate of drug-likeness (QED) is 0.802. The largest absolute Gasteiger partial charge is 0.369 e. The lowest BCUT2D eigenvalue weighted by Gasteiger charge is -2.13. The maximum atomic E-state index is 8.95. The summed E-state index contributed by atoms with van der Waals surface area (Å²) < 4.78 is 0. The van der Waals surface area contributed by atoms with Crippen LogP contribution < -0.4 is 5.32 Å². The predicted octanol–water partition coefficient (Wildman–Crippen LogP) is 1.21. The average Bonchev–Trinajstić information content (AvgIpc) is 2.85. The highest BCUT2D eigenvalue weighted by Crippen LogP contribution is 2.17. The molecule has 18 heavy (non-hydrogen) atoms. The lowest BCUT2D eigenvalue weighted by Crippen LogP contribution is -2.23. The van der Waals surface area contributed by atoms with Gasteiger partial charge in [0.25, 0.3) is 0 Å². The SMILES string of the molecule is N#CCN1CCC(CNc2ncccc2C#N)C1. The van der Waals surface area contributed by atoms with Crippen molar-refractivity contribution in [3.63, 3.8) is 0 Å². The number of nitriles is 2. The molecule has 92 valence electrons. The van der Waals surface area contributed by atoms with Crippen molar-refractivity contribution < 1.29 is 0 Å². The van der Waals surface area contributed by atoms with E-state index >= 15 is 0 Å². The van der Waals surface area contributed by atoms with Gasteiger partial charge in [-0.25, -0.2) is 4.98 Å². The zero-order valence-corrected chi connectivity index (χ0v) is 10.1. The molecule has 0 spiro atoms. The summed E-state index contributed by atoms with van der Waals surface area (Å²) >= 11 is 0. The molecule has 1 unspecified atom stereocenters. The predicted molar refractivity (Wildman–Crippen MR) is 67.6 cm³/mol. The number of nitrogens with zero attached hydrogens (tertiary/aromatic N) is 4. The minimum absolute atomic E-state index is 0.504. The van der Waals surface area contributed by atoms with Crippen LogP contribution in [0.4, 0.5) is 5.82 Å². The number of rotatable bonds is 4. The molecule has 1 aliphatic rings. The Balaban J connectivity index is 1.86. The number of aromatic nitrogens is 1. The molecule has 2 heterocycles. The lowest BCUT2D eigenvalue weighted by molar-refractivity contribution is 0.365. The second-order valence-corrected chi connectivity index (χ2v) is 4.44. The van der Waals surface area contributed by atoms with Crippen molar-refractivity contribution in [3.8, 4) is 12.1 Å². The average molecular weight is 241 g/mol. The van der Waals surface area contributed by atoms with E-state index < -0.39 is 0 Å². The summed E-state index contributed by atoms with van der Waals surface area (Å²) in [4.78, 5) is 6.32. The third-order valence-corrected chi connectivity index (χ3v) is 3.15. The van der Waals surface area contributed by atoms with Gasteiger partial charge in [-0.2, -0.15) is 10.5 Å². The maximum absolute atomic E-state index is 8.95. The van der Waals surface area contributed by atoms with Crippen LogP contribution in [-0.2, 0) is 0 Å². The molecule has 5 heteroatoms.